The van der Waals surface area contributed by atoms with Crippen LogP contribution in [0.5, 0.6) is 0 Å². The highest BCUT2D eigenvalue weighted by atomic mass is 79.9. The SMILES string of the molecule is Cc1cc(Br)c(NCc2ccccc2C)c(Br)c1. The molecule has 0 saturated heterocycles. The molecule has 0 aromatic heterocycles. The van der Waals surface area contributed by atoms with Gasteiger partial charge in [0.1, 0.15) is 0 Å². The Balaban J connectivity index is 2.19. The lowest BCUT2D eigenvalue weighted by atomic mass is 10.1. The third-order valence-electron chi connectivity index (χ3n) is 2.90. The molecule has 0 fully saturated rings. The molecule has 2 rings (SSSR count). The fourth-order valence-corrected chi connectivity index (χ4v) is 3.56. The van der Waals surface area contributed by atoms with Gasteiger partial charge in [-0.2, -0.15) is 0 Å². The minimum atomic E-state index is 0.826. The highest BCUT2D eigenvalue weighted by Gasteiger charge is 2.06. The number of nitrogens with one attached hydrogen (secondary N) is 1. The molecule has 0 aliphatic carbocycles. The van der Waals surface area contributed by atoms with Crippen LogP contribution in [0.25, 0.3) is 0 Å². The summed E-state index contributed by atoms with van der Waals surface area (Å²) in [6.07, 6.45) is 0. The average Bonchev–Trinajstić information content (AvgIpc) is 2.30. The van der Waals surface area contributed by atoms with Crippen molar-refractivity contribution in [1.29, 1.82) is 0 Å². The van der Waals surface area contributed by atoms with E-state index < -0.39 is 0 Å². The predicted octanol–water partition coefficient (Wildman–Crippen LogP) is 5.44. The van der Waals surface area contributed by atoms with Crippen LogP contribution in [0.15, 0.2) is 45.3 Å². The Morgan fingerprint density at radius 1 is 1.00 bits per heavy atom. The quantitative estimate of drug-likeness (QED) is 0.760. The van der Waals surface area contributed by atoms with E-state index in [0.717, 1.165) is 21.2 Å². The number of hydrogen-bond acceptors (Lipinski definition) is 1. The minimum Gasteiger partial charge on any atom is -0.379 e. The van der Waals surface area contributed by atoms with E-state index in [1.54, 1.807) is 0 Å². The number of benzene rings is 2. The summed E-state index contributed by atoms with van der Waals surface area (Å²) in [7, 11) is 0. The van der Waals surface area contributed by atoms with E-state index in [9.17, 15) is 0 Å². The third-order valence-corrected chi connectivity index (χ3v) is 4.15. The van der Waals surface area contributed by atoms with Crippen LogP contribution in [0.4, 0.5) is 5.69 Å². The molecule has 0 amide bonds. The minimum absolute atomic E-state index is 0.826. The van der Waals surface area contributed by atoms with Crippen molar-refractivity contribution in [2.24, 2.45) is 0 Å². The smallest absolute Gasteiger partial charge is 0.0631 e. The Kier molecular flexibility index (Phi) is 4.46. The number of halogens is 2. The van der Waals surface area contributed by atoms with Gasteiger partial charge in [0.25, 0.3) is 0 Å². The second-order valence-corrected chi connectivity index (χ2v) is 6.09. The number of aryl methyl sites for hydroxylation is 2. The highest BCUT2D eigenvalue weighted by Crippen LogP contribution is 2.32. The third kappa shape index (κ3) is 3.15. The van der Waals surface area contributed by atoms with Crippen LogP contribution in [-0.2, 0) is 6.54 Å². The van der Waals surface area contributed by atoms with Gasteiger partial charge in [0.2, 0.25) is 0 Å². The molecule has 0 spiro atoms. The predicted molar refractivity (Wildman–Crippen MR) is 85.1 cm³/mol. The van der Waals surface area contributed by atoms with Crippen LogP contribution in [0.1, 0.15) is 16.7 Å². The first kappa shape index (κ1) is 13.6. The largest absolute Gasteiger partial charge is 0.379 e. The van der Waals surface area contributed by atoms with E-state index in [0.29, 0.717) is 0 Å². The maximum atomic E-state index is 3.60. The number of anilines is 1. The molecular weight excluding hydrogens is 354 g/mol. The van der Waals surface area contributed by atoms with Gasteiger partial charge in [0.05, 0.1) is 5.69 Å². The topological polar surface area (TPSA) is 12.0 Å². The molecular formula is C15H15Br2N. The Morgan fingerprint density at radius 3 is 2.22 bits per heavy atom. The molecule has 0 saturated carbocycles. The van der Waals surface area contributed by atoms with E-state index in [4.69, 9.17) is 0 Å². The van der Waals surface area contributed by atoms with E-state index in [-0.39, 0.29) is 0 Å². The van der Waals surface area contributed by atoms with Gasteiger partial charge >= 0.3 is 0 Å². The van der Waals surface area contributed by atoms with Gasteiger partial charge in [-0.1, -0.05) is 24.3 Å². The van der Waals surface area contributed by atoms with Crippen LogP contribution in [0, 0.1) is 13.8 Å². The summed E-state index contributed by atoms with van der Waals surface area (Å²) in [5.74, 6) is 0. The molecule has 3 heteroatoms. The lowest BCUT2D eigenvalue weighted by molar-refractivity contribution is 1.11. The van der Waals surface area contributed by atoms with Crippen molar-refractivity contribution in [2.75, 3.05) is 5.32 Å². The fraction of sp³-hybridized carbons (Fsp3) is 0.200. The Hall–Kier alpha value is -0.800. The molecule has 0 atom stereocenters. The molecule has 0 radical (unpaired) electrons. The summed E-state index contributed by atoms with van der Waals surface area (Å²) in [5, 5.41) is 3.47. The van der Waals surface area contributed by atoms with Crippen molar-refractivity contribution in [1.82, 2.24) is 0 Å². The van der Waals surface area contributed by atoms with E-state index >= 15 is 0 Å². The van der Waals surface area contributed by atoms with Crippen molar-refractivity contribution < 1.29 is 0 Å². The second kappa shape index (κ2) is 5.89. The van der Waals surface area contributed by atoms with Crippen molar-refractivity contribution in [2.45, 2.75) is 20.4 Å². The summed E-state index contributed by atoms with van der Waals surface area (Å²) < 4.78 is 2.17. The monoisotopic (exact) mass is 367 g/mol. The van der Waals surface area contributed by atoms with Crippen molar-refractivity contribution >= 4 is 37.5 Å². The molecule has 1 N–H and O–H groups in total. The summed E-state index contributed by atoms with van der Waals surface area (Å²) in [6, 6.07) is 12.7. The standard InChI is InChI=1S/C15H15Br2N/c1-10-7-13(16)15(14(17)8-10)18-9-12-6-4-3-5-11(12)2/h3-8,18H,9H2,1-2H3. The van der Waals surface area contributed by atoms with E-state index in [2.05, 4.69) is 87.4 Å². The van der Waals surface area contributed by atoms with Crippen molar-refractivity contribution in [3.63, 3.8) is 0 Å². The second-order valence-electron chi connectivity index (χ2n) is 4.38. The summed E-state index contributed by atoms with van der Waals surface area (Å²) >= 11 is 7.20. The molecule has 0 bridgehead atoms. The van der Waals surface area contributed by atoms with Gasteiger partial charge in [-0.15, -0.1) is 0 Å². The molecule has 18 heavy (non-hydrogen) atoms. The first-order valence-electron chi connectivity index (χ1n) is 5.82. The molecule has 2 aromatic carbocycles. The van der Waals surface area contributed by atoms with Crippen molar-refractivity contribution in [3.05, 3.63) is 62.0 Å². The highest BCUT2D eigenvalue weighted by molar-refractivity contribution is 9.11. The lowest BCUT2D eigenvalue weighted by Gasteiger charge is -2.13. The molecule has 0 heterocycles. The van der Waals surface area contributed by atoms with Crippen molar-refractivity contribution in [3.8, 4) is 0 Å². The maximum absolute atomic E-state index is 3.60. The Bertz CT molecular complexity index is 541. The zero-order valence-corrected chi connectivity index (χ0v) is 13.6. The average molecular weight is 369 g/mol. The first-order valence-corrected chi connectivity index (χ1v) is 7.40. The Labute approximate surface area is 125 Å². The van der Waals surface area contributed by atoms with E-state index in [1.165, 1.54) is 16.7 Å². The number of rotatable bonds is 3. The van der Waals surface area contributed by atoms with Crippen LogP contribution < -0.4 is 5.32 Å². The van der Waals surface area contributed by atoms with Gasteiger partial charge in [-0.3, -0.25) is 0 Å². The molecule has 2 aromatic rings. The maximum Gasteiger partial charge on any atom is 0.0631 e. The first-order chi connectivity index (χ1) is 8.58. The zero-order chi connectivity index (χ0) is 13.1. The van der Waals surface area contributed by atoms with Gasteiger partial charge in [-0.25, -0.2) is 0 Å². The van der Waals surface area contributed by atoms with Gasteiger partial charge in [-0.05, 0) is 74.5 Å². The molecule has 0 unspecified atom stereocenters. The normalized spacial score (nSPS) is 10.4. The molecule has 0 aliphatic heterocycles. The van der Waals surface area contributed by atoms with Gasteiger partial charge in [0, 0.05) is 15.5 Å². The summed E-state index contributed by atoms with van der Waals surface area (Å²) in [5.41, 5.74) is 4.96. The number of hydrogen-bond donors (Lipinski definition) is 1. The zero-order valence-electron chi connectivity index (χ0n) is 10.4. The van der Waals surface area contributed by atoms with Gasteiger partial charge in [0.15, 0.2) is 0 Å². The van der Waals surface area contributed by atoms with E-state index in [1.807, 2.05) is 0 Å². The molecule has 1 nitrogen and oxygen atoms in total. The Morgan fingerprint density at radius 2 is 1.61 bits per heavy atom. The van der Waals surface area contributed by atoms with Crippen LogP contribution in [0.2, 0.25) is 0 Å². The van der Waals surface area contributed by atoms with Gasteiger partial charge < -0.3 is 5.32 Å². The lowest BCUT2D eigenvalue weighted by Crippen LogP contribution is -2.02. The summed E-state index contributed by atoms with van der Waals surface area (Å²) in [6.45, 7) is 5.05. The van der Waals surface area contributed by atoms with Crippen LogP contribution in [-0.4, -0.2) is 0 Å². The summed E-state index contributed by atoms with van der Waals surface area (Å²) in [4.78, 5) is 0. The van der Waals surface area contributed by atoms with Crippen LogP contribution in [0.3, 0.4) is 0 Å². The fourth-order valence-electron chi connectivity index (χ4n) is 1.86. The van der Waals surface area contributed by atoms with Crippen LogP contribution >= 0.6 is 31.9 Å². The molecule has 0 aliphatic rings. The molecule has 94 valence electrons.